The van der Waals surface area contributed by atoms with Crippen LogP contribution in [0.2, 0.25) is 5.02 Å². The van der Waals surface area contributed by atoms with E-state index in [1.807, 2.05) is 0 Å². The van der Waals surface area contributed by atoms with Crippen molar-refractivity contribution in [3.8, 4) is 0 Å². The lowest BCUT2D eigenvalue weighted by Gasteiger charge is -2.23. The molecule has 29 heavy (non-hydrogen) atoms. The lowest BCUT2D eigenvalue weighted by atomic mass is 10.3. The smallest absolute Gasteiger partial charge is 0.264 e. The van der Waals surface area contributed by atoms with E-state index in [1.54, 1.807) is 54.9 Å². The summed E-state index contributed by atoms with van der Waals surface area (Å²) in [5.41, 5.74) is 3.40. The molecule has 1 amide bonds. The minimum Gasteiger partial charge on any atom is -0.271 e. The van der Waals surface area contributed by atoms with E-state index in [9.17, 15) is 13.2 Å². The van der Waals surface area contributed by atoms with E-state index in [2.05, 4.69) is 15.5 Å². The third-order valence-electron chi connectivity index (χ3n) is 3.84. The Bertz CT molecular complexity index is 1090. The standard InChI is InChI=1S/C20H17ClN4O3S/c21-17-6-8-18(9-7-17)25(29(27,28)19-4-2-1-3-5-19)15-20(26)24-23-14-16-10-12-22-13-11-16/h1-14H,15H2,(H,24,26)/b23-14+. The fourth-order valence-corrected chi connectivity index (χ4v) is 4.00. The van der Waals surface area contributed by atoms with Gasteiger partial charge >= 0.3 is 0 Å². The highest BCUT2D eigenvalue weighted by Gasteiger charge is 2.27. The zero-order chi connectivity index (χ0) is 20.7. The van der Waals surface area contributed by atoms with Gasteiger partial charge in [0, 0.05) is 17.4 Å². The maximum absolute atomic E-state index is 13.1. The number of amides is 1. The van der Waals surface area contributed by atoms with Crippen LogP contribution in [0.5, 0.6) is 0 Å². The number of pyridine rings is 1. The van der Waals surface area contributed by atoms with Gasteiger partial charge in [0.05, 0.1) is 16.8 Å². The van der Waals surface area contributed by atoms with Crippen molar-refractivity contribution >= 4 is 39.4 Å². The summed E-state index contributed by atoms with van der Waals surface area (Å²) in [5.74, 6) is -0.593. The van der Waals surface area contributed by atoms with Crippen LogP contribution in [0, 0.1) is 0 Å². The summed E-state index contributed by atoms with van der Waals surface area (Å²) in [6.45, 7) is -0.452. The van der Waals surface area contributed by atoms with Crippen LogP contribution in [0.25, 0.3) is 0 Å². The average molecular weight is 429 g/mol. The Kier molecular flexibility index (Phi) is 6.58. The quantitative estimate of drug-likeness (QED) is 0.462. The second-order valence-electron chi connectivity index (χ2n) is 5.87. The summed E-state index contributed by atoms with van der Waals surface area (Å²) in [5, 5.41) is 4.32. The van der Waals surface area contributed by atoms with E-state index >= 15 is 0 Å². The number of hydrazone groups is 1. The third-order valence-corrected chi connectivity index (χ3v) is 5.88. The average Bonchev–Trinajstić information content (AvgIpc) is 2.74. The van der Waals surface area contributed by atoms with Crippen LogP contribution in [-0.2, 0) is 14.8 Å². The summed E-state index contributed by atoms with van der Waals surface area (Å²) in [4.78, 5) is 16.4. The molecule has 0 atom stereocenters. The minimum absolute atomic E-state index is 0.0723. The molecule has 148 valence electrons. The van der Waals surface area contributed by atoms with E-state index in [0.717, 1.165) is 9.87 Å². The number of benzene rings is 2. The van der Waals surface area contributed by atoms with Gasteiger partial charge in [0.1, 0.15) is 6.54 Å². The monoisotopic (exact) mass is 428 g/mol. The number of rotatable bonds is 7. The first-order chi connectivity index (χ1) is 14.0. The number of aromatic nitrogens is 1. The van der Waals surface area contributed by atoms with Crippen LogP contribution >= 0.6 is 11.6 Å². The van der Waals surface area contributed by atoms with E-state index < -0.39 is 22.5 Å². The SMILES string of the molecule is O=C(CN(c1ccc(Cl)cc1)S(=O)(=O)c1ccccc1)N/N=C/c1ccncc1. The van der Waals surface area contributed by atoms with E-state index in [1.165, 1.54) is 30.5 Å². The normalized spacial score (nSPS) is 11.3. The molecule has 9 heteroatoms. The summed E-state index contributed by atoms with van der Waals surface area (Å²) in [6, 6.07) is 17.5. The van der Waals surface area contributed by atoms with E-state index in [-0.39, 0.29) is 4.90 Å². The third kappa shape index (κ3) is 5.40. The highest BCUT2D eigenvalue weighted by atomic mass is 35.5. The van der Waals surface area contributed by atoms with Gasteiger partial charge in [-0.25, -0.2) is 13.8 Å². The van der Waals surface area contributed by atoms with Gasteiger partial charge in [-0.05, 0) is 54.1 Å². The predicted octanol–water partition coefficient (Wildman–Crippen LogP) is 3.08. The minimum atomic E-state index is -3.97. The molecule has 0 aliphatic rings. The number of anilines is 1. The van der Waals surface area contributed by atoms with Crippen molar-refractivity contribution in [2.45, 2.75) is 4.90 Å². The topological polar surface area (TPSA) is 91.7 Å². The molecular formula is C20H17ClN4O3S. The highest BCUT2D eigenvalue weighted by molar-refractivity contribution is 7.92. The molecule has 0 radical (unpaired) electrons. The Balaban J connectivity index is 1.83. The summed E-state index contributed by atoms with van der Waals surface area (Å²) < 4.78 is 27.2. The van der Waals surface area contributed by atoms with Crippen molar-refractivity contribution in [1.29, 1.82) is 0 Å². The number of nitrogens with one attached hydrogen (secondary N) is 1. The number of nitrogens with zero attached hydrogens (tertiary/aromatic N) is 3. The molecule has 0 unspecified atom stereocenters. The Morgan fingerprint density at radius 3 is 2.34 bits per heavy atom. The van der Waals surface area contributed by atoms with Gasteiger partial charge in [-0.2, -0.15) is 5.10 Å². The molecule has 2 aromatic carbocycles. The Labute approximate surface area is 173 Å². The van der Waals surface area contributed by atoms with Crippen molar-refractivity contribution in [3.05, 3.63) is 89.7 Å². The number of halogens is 1. The van der Waals surface area contributed by atoms with Crippen molar-refractivity contribution < 1.29 is 13.2 Å². The summed E-state index contributed by atoms with van der Waals surface area (Å²) >= 11 is 5.91. The van der Waals surface area contributed by atoms with Crippen molar-refractivity contribution in [2.75, 3.05) is 10.8 Å². The lowest BCUT2D eigenvalue weighted by molar-refractivity contribution is -0.119. The number of hydrogen-bond acceptors (Lipinski definition) is 5. The van der Waals surface area contributed by atoms with Crippen LogP contribution in [0.15, 0.2) is 89.1 Å². The molecule has 3 aromatic rings. The molecule has 1 heterocycles. The fourth-order valence-electron chi connectivity index (χ4n) is 2.44. The zero-order valence-corrected chi connectivity index (χ0v) is 16.7. The van der Waals surface area contributed by atoms with Gasteiger partial charge in [0.2, 0.25) is 0 Å². The molecule has 3 rings (SSSR count). The summed E-state index contributed by atoms with van der Waals surface area (Å²) in [7, 11) is -3.97. The largest absolute Gasteiger partial charge is 0.271 e. The molecular weight excluding hydrogens is 412 g/mol. The van der Waals surface area contributed by atoms with Gasteiger partial charge in [0.25, 0.3) is 15.9 Å². The molecule has 0 bridgehead atoms. The first kappa shape index (κ1) is 20.5. The van der Waals surface area contributed by atoms with Crippen LogP contribution in [0.1, 0.15) is 5.56 Å². The highest BCUT2D eigenvalue weighted by Crippen LogP contribution is 2.24. The van der Waals surface area contributed by atoms with Crippen molar-refractivity contribution in [2.24, 2.45) is 5.10 Å². The maximum atomic E-state index is 13.1. The maximum Gasteiger partial charge on any atom is 0.264 e. The van der Waals surface area contributed by atoms with E-state index in [0.29, 0.717) is 10.7 Å². The van der Waals surface area contributed by atoms with Crippen molar-refractivity contribution in [1.82, 2.24) is 10.4 Å². The first-order valence-corrected chi connectivity index (χ1v) is 10.3. The predicted molar refractivity (Wildman–Crippen MR) is 112 cm³/mol. The Morgan fingerprint density at radius 2 is 1.69 bits per heavy atom. The van der Waals surface area contributed by atoms with Gasteiger partial charge in [-0.15, -0.1) is 0 Å². The Hall–Kier alpha value is -3.23. The second-order valence-corrected chi connectivity index (χ2v) is 8.17. The lowest BCUT2D eigenvalue weighted by Crippen LogP contribution is -2.39. The van der Waals surface area contributed by atoms with Crippen LogP contribution < -0.4 is 9.73 Å². The van der Waals surface area contributed by atoms with E-state index in [4.69, 9.17) is 11.6 Å². The first-order valence-electron chi connectivity index (χ1n) is 8.52. The Morgan fingerprint density at radius 1 is 1.03 bits per heavy atom. The fraction of sp³-hybridized carbons (Fsp3) is 0.0500. The molecule has 0 aliphatic carbocycles. The van der Waals surface area contributed by atoms with Gasteiger partial charge in [-0.3, -0.25) is 14.1 Å². The van der Waals surface area contributed by atoms with Crippen molar-refractivity contribution in [3.63, 3.8) is 0 Å². The van der Waals surface area contributed by atoms with Crippen LogP contribution in [-0.4, -0.2) is 32.1 Å². The molecule has 1 N–H and O–H groups in total. The zero-order valence-electron chi connectivity index (χ0n) is 15.1. The molecule has 0 fully saturated rings. The second kappa shape index (κ2) is 9.31. The molecule has 7 nitrogen and oxygen atoms in total. The molecule has 0 saturated heterocycles. The summed E-state index contributed by atoms with van der Waals surface area (Å²) in [6.07, 6.45) is 4.63. The van der Waals surface area contributed by atoms with Crippen LogP contribution in [0.3, 0.4) is 0 Å². The number of sulfonamides is 1. The number of hydrogen-bond donors (Lipinski definition) is 1. The van der Waals surface area contributed by atoms with Gasteiger partial charge in [-0.1, -0.05) is 29.8 Å². The molecule has 0 aliphatic heterocycles. The number of carbonyl (C=O) groups is 1. The molecule has 1 aromatic heterocycles. The number of carbonyl (C=O) groups excluding carboxylic acids is 1. The molecule has 0 spiro atoms. The molecule has 0 saturated carbocycles. The van der Waals surface area contributed by atoms with Gasteiger partial charge < -0.3 is 0 Å². The van der Waals surface area contributed by atoms with Gasteiger partial charge in [0.15, 0.2) is 0 Å². The van der Waals surface area contributed by atoms with Crippen LogP contribution in [0.4, 0.5) is 5.69 Å².